The van der Waals surface area contributed by atoms with E-state index in [1.807, 2.05) is 19.4 Å². The highest BCUT2D eigenvalue weighted by atomic mass is 15.1. The Morgan fingerprint density at radius 2 is 2.19 bits per heavy atom. The van der Waals surface area contributed by atoms with Crippen LogP contribution in [-0.2, 0) is 13.6 Å². The summed E-state index contributed by atoms with van der Waals surface area (Å²) in [7, 11) is 2.04. The van der Waals surface area contributed by atoms with E-state index in [9.17, 15) is 0 Å². The van der Waals surface area contributed by atoms with Crippen LogP contribution in [0.4, 0.5) is 0 Å². The first-order chi connectivity index (χ1) is 7.86. The van der Waals surface area contributed by atoms with Crippen molar-refractivity contribution in [1.82, 2.24) is 19.8 Å². The first-order valence-electron chi connectivity index (χ1n) is 6.25. The van der Waals surface area contributed by atoms with E-state index < -0.39 is 0 Å². The van der Waals surface area contributed by atoms with Crippen molar-refractivity contribution in [3.63, 3.8) is 0 Å². The second-order valence-electron chi connectivity index (χ2n) is 4.53. The summed E-state index contributed by atoms with van der Waals surface area (Å²) in [4.78, 5) is 6.84. The molecule has 4 heteroatoms. The van der Waals surface area contributed by atoms with Gasteiger partial charge in [-0.1, -0.05) is 0 Å². The Morgan fingerprint density at radius 1 is 1.38 bits per heavy atom. The Morgan fingerprint density at radius 3 is 2.88 bits per heavy atom. The molecule has 0 aromatic carbocycles. The number of hydrogen-bond acceptors (Lipinski definition) is 3. The maximum atomic E-state index is 4.28. The molecular weight excluding hydrogens is 200 g/mol. The van der Waals surface area contributed by atoms with E-state index in [2.05, 4.69) is 19.8 Å². The summed E-state index contributed by atoms with van der Waals surface area (Å²) >= 11 is 0. The standard InChI is InChI=1S/C12H22N4/c1-15-10-6-14-12(15)11-13-5-4-9-16-7-2-3-8-16/h6,10,13H,2-5,7-9,11H2,1H3. The molecule has 2 rings (SSSR count). The number of imidazole rings is 1. The van der Waals surface area contributed by atoms with Gasteiger partial charge in [-0.3, -0.25) is 0 Å². The van der Waals surface area contributed by atoms with Crippen LogP contribution in [0, 0.1) is 0 Å². The van der Waals surface area contributed by atoms with E-state index >= 15 is 0 Å². The monoisotopic (exact) mass is 222 g/mol. The van der Waals surface area contributed by atoms with Crippen molar-refractivity contribution in [2.24, 2.45) is 7.05 Å². The predicted molar refractivity (Wildman–Crippen MR) is 65.2 cm³/mol. The molecule has 1 aliphatic heterocycles. The molecule has 90 valence electrons. The summed E-state index contributed by atoms with van der Waals surface area (Å²) < 4.78 is 2.06. The van der Waals surface area contributed by atoms with Gasteiger partial charge in [0.15, 0.2) is 0 Å². The fourth-order valence-electron chi connectivity index (χ4n) is 2.20. The first kappa shape index (κ1) is 11.6. The minimum atomic E-state index is 0.878. The zero-order valence-electron chi connectivity index (χ0n) is 10.2. The summed E-state index contributed by atoms with van der Waals surface area (Å²) in [5.41, 5.74) is 0. The first-order valence-corrected chi connectivity index (χ1v) is 6.25. The fraction of sp³-hybridized carbons (Fsp3) is 0.750. The molecule has 2 heterocycles. The van der Waals surface area contributed by atoms with Crippen molar-refractivity contribution in [3.8, 4) is 0 Å². The molecule has 0 bridgehead atoms. The van der Waals surface area contributed by atoms with Gasteiger partial charge in [0.2, 0.25) is 0 Å². The second kappa shape index (κ2) is 6.01. The summed E-state index contributed by atoms with van der Waals surface area (Å²) in [6.45, 7) is 5.82. The van der Waals surface area contributed by atoms with Crippen LogP contribution in [0.2, 0.25) is 0 Å². The highest BCUT2D eigenvalue weighted by Gasteiger charge is 2.09. The van der Waals surface area contributed by atoms with Crippen molar-refractivity contribution in [3.05, 3.63) is 18.2 Å². The Kier molecular flexibility index (Phi) is 4.36. The zero-order chi connectivity index (χ0) is 11.2. The third-order valence-electron chi connectivity index (χ3n) is 3.23. The van der Waals surface area contributed by atoms with E-state index in [-0.39, 0.29) is 0 Å². The number of aromatic nitrogens is 2. The molecule has 0 atom stereocenters. The van der Waals surface area contributed by atoms with E-state index in [0.717, 1.165) is 18.9 Å². The molecule has 0 amide bonds. The number of aryl methyl sites for hydroxylation is 1. The third kappa shape index (κ3) is 3.32. The molecule has 0 unspecified atom stereocenters. The normalized spacial score (nSPS) is 17.1. The lowest BCUT2D eigenvalue weighted by Crippen LogP contribution is -2.25. The maximum Gasteiger partial charge on any atom is 0.122 e. The van der Waals surface area contributed by atoms with Gasteiger partial charge in [-0.25, -0.2) is 4.98 Å². The van der Waals surface area contributed by atoms with Crippen LogP contribution in [0.25, 0.3) is 0 Å². The largest absolute Gasteiger partial charge is 0.337 e. The van der Waals surface area contributed by atoms with Crippen LogP contribution in [0.15, 0.2) is 12.4 Å². The summed E-state index contributed by atoms with van der Waals surface area (Å²) in [6.07, 6.45) is 7.86. The molecular formula is C12H22N4. The van der Waals surface area contributed by atoms with Gasteiger partial charge in [0.25, 0.3) is 0 Å². The van der Waals surface area contributed by atoms with Gasteiger partial charge in [-0.15, -0.1) is 0 Å². The average Bonchev–Trinajstić information content (AvgIpc) is 2.90. The zero-order valence-corrected chi connectivity index (χ0v) is 10.2. The predicted octanol–water partition coefficient (Wildman–Crippen LogP) is 0.996. The third-order valence-corrected chi connectivity index (χ3v) is 3.23. The average molecular weight is 222 g/mol. The summed E-state index contributed by atoms with van der Waals surface area (Å²) in [5.74, 6) is 1.11. The van der Waals surface area contributed by atoms with Gasteiger partial charge in [0, 0.05) is 19.4 Å². The van der Waals surface area contributed by atoms with Gasteiger partial charge < -0.3 is 14.8 Å². The molecule has 0 saturated carbocycles. The van der Waals surface area contributed by atoms with Crippen LogP contribution < -0.4 is 5.32 Å². The van der Waals surface area contributed by atoms with Crippen molar-refractivity contribution < 1.29 is 0 Å². The SMILES string of the molecule is Cn1ccnc1CNCCCN1CCCC1. The molecule has 0 radical (unpaired) electrons. The van der Waals surface area contributed by atoms with E-state index in [0.29, 0.717) is 0 Å². The Hall–Kier alpha value is -0.870. The maximum absolute atomic E-state index is 4.28. The van der Waals surface area contributed by atoms with Crippen LogP contribution in [0.3, 0.4) is 0 Å². The van der Waals surface area contributed by atoms with Gasteiger partial charge in [-0.2, -0.15) is 0 Å². The number of rotatable bonds is 6. The second-order valence-corrected chi connectivity index (χ2v) is 4.53. The van der Waals surface area contributed by atoms with Crippen molar-refractivity contribution in [2.45, 2.75) is 25.8 Å². The number of hydrogen-bond donors (Lipinski definition) is 1. The number of nitrogens with zero attached hydrogens (tertiary/aromatic N) is 3. The summed E-state index contributed by atoms with van der Waals surface area (Å²) in [6, 6.07) is 0. The van der Waals surface area contributed by atoms with Gasteiger partial charge in [0.1, 0.15) is 5.82 Å². The van der Waals surface area contributed by atoms with Crippen LogP contribution in [-0.4, -0.2) is 40.6 Å². The van der Waals surface area contributed by atoms with Gasteiger partial charge in [-0.05, 0) is 45.4 Å². The topological polar surface area (TPSA) is 33.1 Å². The highest BCUT2D eigenvalue weighted by Crippen LogP contribution is 2.06. The molecule has 1 saturated heterocycles. The fourth-order valence-corrected chi connectivity index (χ4v) is 2.20. The van der Waals surface area contributed by atoms with Gasteiger partial charge in [0.05, 0.1) is 6.54 Å². The Balaban J connectivity index is 1.53. The van der Waals surface area contributed by atoms with E-state index in [1.54, 1.807) is 0 Å². The quantitative estimate of drug-likeness (QED) is 0.729. The van der Waals surface area contributed by atoms with E-state index in [4.69, 9.17) is 0 Å². The Labute approximate surface area is 97.7 Å². The van der Waals surface area contributed by atoms with E-state index in [1.165, 1.54) is 38.9 Å². The molecule has 1 fully saturated rings. The van der Waals surface area contributed by atoms with Crippen molar-refractivity contribution in [1.29, 1.82) is 0 Å². The lowest BCUT2D eigenvalue weighted by atomic mass is 10.4. The molecule has 1 N–H and O–H groups in total. The lowest BCUT2D eigenvalue weighted by Gasteiger charge is -2.14. The van der Waals surface area contributed by atoms with Crippen LogP contribution in [0.1, 0.15) is 25.1 Å². The summed E-state index contributed by atoms with van der Waals surface area (Å²) in [5, 5.41) is 3.44. The molecule has 0 aliphatic carbocycles. The minimum absolute atomic E-state index is 0.878. The molecule has 1 aromatic heterocycles. The van der Waals surface area contributed by atoms with Crippen molar-refractivity contribution in [2.75, 3.05) is 26.2 Å². The number of nitrogens with one attached hydrogen (secondary N) is 1. The molecule has 4 nitrogen and oxygen atoms in total. The minimum Gasteiger partial charge on any atom is -0.337 e. The molecule has 1 aliphatic rings. The molecule has 0 spiro atoms. The number of likely N-dealkylation sites (tertiary alicyclic amines) is 1. The van der Waals surface area contributed by atoms with Crippen LogP contribution in [0.5, 0.6) is 0 Å². The molecule has 16 heavy (non-hydrogen) atoms. The van der Waals surface area contributed by atoms with Crippen LogP contribution >= 0.6 is 0 Å². The molecule has 1 aromatic rings. The smallest absolute Gasteiger partial charge is 0.122 e. The van der Waals surface area contributed by atoms with Crippen molar-refractivity contribution >= 4 is 0 Å². The lowest BCUT2D eigenvalue weighted by molar-refractivity contribution is 0.330. The Bertz CT molecular complexity index is 302. The van der Waals surface area contributed by atoms with Gasteiger partial charge >= 0.3 is 0 Å². The highest BCUT2D eigenvalue weighted by molar-refractivity contribution is 4.90.